The summed E-state index contributed by atoms with van der Waals surface area (Å²) in [5, 5.41) is 4.51. The van der Waals surface area contributed by atoms with Gasteiger partial charge in [-0.15, -0.1) is 0 Å². The molecule has 1 heterocycles. The van der Waals surface area contributed by atoms with E-state index in [4.69, 9.17) is 5.73 Å². The minimum atomic E-state index is -0.211. The van der Waals surface area contributed by atoms with Crippen molar-refractivity contribution in [2.75, 3.05) is 0 Å². The van der Waals surface area contributed by atoms with Gasteiger partial charge >= 0.3 is 0 Å². The zero-order valence-corrected chi connectivity index (χ0v) is 12.4. The van der Waals surface area contributed by atoms with Crippen LogP contribution in [0.5, 0.6) is 0 Å². The third-order valence-electron chi connectivity index (χ3n) is 3.63. The van der Waals surface area contributed by atoms with Crippen LogP contribution in [-0.4, -0.2) is 9.78 Å². The van der Waals surface area contributed by atoms with Gasteiger partial charge in [0.05, 0.1) is 5.69 Å². The Labute approximate surface area is 119 Å². The molecule has 108 valence electrons. The summed E-state index contributed by atoms with van der Waals surface area (Å²) >= 11 is 0. The average molecular weight is 275 g/mol. The van der Waals surface area contributed by atoms with Crippen LogP contribution in [-0.2, 0) is 19.4 Å². The molecule has 2 aromatic rings. The molecule has 0 aliphatic rings. The van der Waals surface area contributed by atoms with Gasteiger partial charge in [-0.05, 0) is 43.5 Å². The fourth-order valence-electron chi connectivity index (χ4n) is 2.31. The van der Waals surface area contributed by atoms with Crippen molar-refractivity contribution in [1.29, 1.82) is 0 Å². The summed E-state index contributed by atoms with van der Waals surface area (Å²) in [6.07, 6.45) is 1.58. The molecule has 0 bridgehead atoms. The number of aromatic nitrogens is 2. The zero-order chi connectivity index (χ0) is 14.7. The molecule has 1 aromatic heterocycles. The summed E-state index contributed by atoms with van der Waals surface area (Å²) in [5.74, 6) is -0.198. The molecule has 0 spiro atoms. The standard InChI is InChI=1S/C16H22FN3/c1-4-13-9-14(20(5-2)19-13)10-16(18)12-7-6-11(3)15(17)8-12/h6-9,16H,4-5,10,18H2,1-3H3. The molecule has 0 aliphatic carbocycles. The van der Waals surface area contributed by atoms with Crippen molar-refractivity contribution in [3.63, 3.8) is 0 Å². The van der Waals surface area contributed by atoms with Gasteiger partial charge in [0.1, 0.15) is 5.82 Å². The molecule has 2 N–H and O–H groups in total. The fourth-order valence-corrected chi connectivity index (χ4v) is 2.31. The molecule has 0 aliphatic heterocycles. The van der Waals surface area contributed by atoms with Crippen molar-refractivity contribution >= 4 is 0 Å². The maximum absolute atomic E-state index is 13.6. The number of hydrogen-bond acceptors (Lipinski definition) is 2. The summed E-state index contributed by atoms with van der Waals surface area (Å²) in [7, 11) is 0. The highest BCUT2D eigenvalue weighted by molar-refractivity contribution is 5.27. The molecule has 0 fully saturated rings. The first-order chi connectivity index (χ1) is 9.55. The van der Waals surface area contributed by atoms with Gasteiger partial charge in [0.15, 0.2) is 0 Å². The van der Waals surface area contributed by atoms with E-state index in [1.54, 1.807) is 13.0 Å². The van der Waals surface area contributed by atoms with Crippen molar-refractivity contribution in [2.24, 2.45) is 5.73 Å². The van der Waals surface area contributed by atoms with Gasteiger partial charge in [-0.2, -0.15) is 5.10 Å². The highest BCUT2D eigenvalue weighted by atomic mass is 19.1. The molecule has 0 saturated carbocycles. The van der Waals surface area contributed by atoms with E-state index >= 15 is 0 Å². The molecule has 0 radical (unpaired) electrons. The maximum atomic E-state index is 13.6. The molecule has 20 heavy (non-hydrogen) atoms. The number of benzene rings is 1. The van der Waals surface area contributed by atoms with E-state index in [2.05, 4.69) is 25.0 Å². The molecule has 0 amide bonds. The normalized spacial score (nSPS) is 12.7. The lowest BCUT2D eigenvalue weighted by molar-refractivity contribution is 0.579. The lowest BCUT2D eigenvalue weighted by atomic mass is 10.0. The van der Waals surface area contributed by atoms with Gasteiger partial charge in [0, 0.05) is 24.7 Å². The third-order valence-corrected chi connectivity index (χ3v) is 3.63. The number of nitrogens with zero attached hydrogens (tertiary/aromatic N) is 2. The summed E-state index contributed by atoms with van der Waals surface area (Å²) in [4.78, 5) is 0. The number of rotatable bonds is 5. The van der Waals surface area contributed by atoms with Crippen molar-refractivity contribution in [3.8, 4) is 0 Å². The van der Waals surface area contributed by atoms with Crippen LogP contribution >= 0.6 is 0 Å². The van der Waals surface area contributed by atoms with Gasteiger partial charge in [-0.25, -0.2) is 4.39 Å². The lowest BCUT2D eigenvalue weighted by Gasteiger charge is -2.13. The summed E-state index contributed by atoms with van der Waals surface area (Å²) in [5.41, 5.74) is 9.87. The Balaban J connectivity index is 2.20. The third kappa shape index (κ3) is 3.07. The predicted molar refractivity (Wildman–Crippen MR) is 79.0 cm³/mol. The Morgan fingerprint density at radius 1 is 1.30 bits per heavy atom. The second-order valence-electron chi connectivity index (χ2n) is 5.12. The van der Waals surface area contributed by atoms with Gasteiger partial charge in [-0.3, -0.25) is 4.68 Å². The van der Waals surface area contributed by atoms with E-state index in [0.29, 0.717) is 12.0 Å². The van der Waals surface area contributed by atoms with Crippen LogP contribution in [0.3, 0.4) is 0 Å². The van der Waals surface area contributed by atoms with Crippen LogP contribution in [0.2, 0.25) is 0 Å². The van der Waals surface area contributed by atoms with Crippen molar-refractivity contribution < 1.29 is 4.39 Å². The minimum Gasteiger partial charge on any atom is -0.324 e. The summed E-state index contributed by atoms with van der Waals surface area (Å²) in [6, 6.07) is 7.09. The van der Waals surface area contributed by atoms with Gasteiger partial charge in [0.25, 0.3) is 0 Å². The Kier molecular flexibility index (Phi) is 4.55. The SMILES string of the molecule is CCc1cc(CC(N)c2ccc(C)c(F)c2)n(CC)n1. The van der Waals surface area contributed by atoms with Crippen molar-refractivity contribution in [3.05, 3.63) is 52.6 Å². The second-order valence-corrected chi connectivity index (χ2v) is 5.12. The van der Waals surface area contributed by atoms with E-state index in [-0.39, 0.29) is 11.9 Å². The molecule has 0 saturated heterocycles. The molecular weight excluding hydrogens is 253 g/mol. The van der Waals surface area contributed by atoms with Crippen LogP contribution in [0.1, 0.15) is 42.4 Å². The van der Waals surface area contributed by atoms with Crippen LogP contribution in [0.25, 0.3) is 0 Å². The molecule has 1 aromatic carbocycles. The Morgan fingerprint density at radius 2 is 2.05 bits per heavy atom. The first-order valence-electron chi connectivity index (χ1n) is 7.12. The van der Waals surface area contributed by atoms with Crippen molar-refractivity contribution in [2.45, 2.75) is 46.2 Å². The van der Waals surface area contributed by atoms with E-state index in [1.807, 2.05) is 10.7 Å². The van der Waals surface area contributed by atoms with Crippen LogP contribution in [0.4, 0.5) is 4.39 Å². The van der Waals surface area contributed by atoms with E-state index in [9.17, 15) is 4.39 Å². The molecule has 1 unspecified atom stereocenters. The first-order valence-corrected chi connectivity index (χ1v) is 7.12. The van der Waals surface area contributed by atoms with Gasteiger partial charge in [0.2, 0.25) is 0 Å². The van der Waals surface area contributed by atoms with E-state index < -0.39 is 0 Å². The molecule has 2 rings (SSSR count). The van der Waals surface area contributed by atoms with Crippen molar-refractivity contribution in [1.82, 2.24) is 9.78 Å². The lowest BCUT2D eigenvalue weighted by Crippen LogP contribution is -2.16. The number of nitrogens with two attached hydrogens (primary N) is 1. The van der Waals surface area contributed by atoms with Gasteiger partial charge in [-0.1, -0.05) is 19.1 Å². The fraction of sp³-hybridized carbons (Fsp3) is 0.438. The number of hydrogen-bond donors (Lipinski definition) is 1. The van der Waals surface area contributed by atoms with Gasteiger partial charge < -0.3 is 5.73 Å². The minimum absolute atomic E-state index is 0.198. The van der Waals surface area contributed by atoms with Crippen LogP contribution in [0.15, 0.2) is 24.3 Å². The van der Waals surface area contributed by atoms with Crippen LogP contribution < -0.4 is 5.73 Å². The monoisotopic (exact) mass is 275 g/mol. The smallest absolute Gasteiger partial charge is 0.126 e. The molecule has 3 nitrogen and oxygen atoms in total. The molecule has 4 heteroatoms. The molecular formula is C16H22FN3. The predicted octanol–water partition coefficient (Wildman–Crippen LogP) is 3.16. The zero-order valence-electron chi connectivity index (χ0n) is 12.4. The highest BCUT2D eigenvalue weighted by Gasteiger charge is 2.13. The van der Waals surface area contributed by atoms with Crippen LogP contribution in [0, 0.1) is 12.7 Å². The number of halogens is 1. The Bertz CT molecular complexity index is 589. The largest absolute Gasteiger partial charge is 0.324 e. The first kappa shape index (κ1) is 14.7. The Hall–Kier alpha value is -1.68. The number of aryl methyl sites for hydroxylation is 3. The molecule has 1 atom stereocenters. The van der Waals surface area contributed by atoms with E-state index in [1.165, 1.54) is 6.07 Å². The average Bonchev–Trinajstić information content (AvgIpc) is 2.84. The topological polar surface area (TPSA) is 43.8 Å². The van der Waals surface area contributed by atoms with E-state index in [0.717, 1.165) is 29.9 Å². The summed E-state index contributed by atoms with van der Waals surface area (Å²) in [6.45, 7) is 6.73. The highest BCUT2D eigenvalue weighted by Crippen LogP contribution is 2.19. The second kappa shape index (κ2) is 6.18. The Morgan fingerprint density at radius 3 is 2.65 bits per heavy atom. The summed E-state index contributed by atoms with van der Waals surface area (Å²) < 4.78 is 15.6. The maximum Gasteiger partial charge on any atom is 0.126 e. The quantitative estimate of drug-likeness (QED) is 0.911.